The molecule has 1 aromatic carbocycles. The highest BCUT2D eigenvalue weighted by molar-refractivity contribution is 6.31. The molecular formula is C29H39ClN4O4. The van der Waals surface area contributed by atoms with Gasteiger partial charge in [-0.3, -0.25) is 14.4 Å². The van der Waals surface area contributed by atoms with Crippen molar-refractivity contribution in [3.63, 3.8) is 0 Å². The number of aryl methyl sites for hydroxylation is 1. The number of halogens is 1. The minimum Gasteiger partial charge on any atom is -0.359 e. The third-order valence-electron chi connectivity index (χ3n) is 8.87. The van der Waals surface area contributed by atoms with E-state index in [4.69, 9.17) is 16.3 Å². The average Bonchev–Trinajstić information content (AvgIpc) is 3.55. The smallest absolute Gasteiger partial charge is 0.246 e. The van der Waals surface area contributed by atoms with Crippen molar-refractivity contribution in [1.29, 1.82) is 0 Å². The van der Waals surface area contributed by atoms with Crippen LogP contribution in [0.1, 0.15) is 51.5 Å². The Morgan fingerprint density at radius 3 is 2.58 bits per heavy atom. The first-order valence-electron chi connectivity index (χ1n) is 14.1. The van der Waals surface area contributed by atoms with E-state index in [1.54, 1.807) is 17.0 Å². The number of hydrogen-bond donors (Lipinski definition) is 2. The molecule has 4 aliphatic rings. The van der Waals surface area contributed by atoms with Gasteiger partial charge in [0.05, 0.1) is 17.9 Å². The van der Waals surface area contributed by atoms with E-state index in [0.717, 1.165) is 44.3 Å². The highest BCUT2D eigenvalue weighted by Crippen LogP contribution is 2.55. The highest BCUT2D eigenvalue weighted by Gasteiger charge is 2.72. The standard InChI is InChI=1S/C29H39ClN4O4/c1-4-33(5-2)15-16-34-25(27(36)31-19-9-7-6-8-10-19)29-14-13-22(38-29)23(24(29)28(34)37)26(35)32-20-12-11-18(3)21(30)17-20/h11-14,17,19,22-25H,4-10,15-16H2,1-3H3,(H,31,36)(H,32,35)/t22-,23-,24-,25+,29-/m0/s1. The number of nitrogens with one attached hydrogen (secondary N) is 2. The van der Waals surface area contributed by atoms with Crippen LogP contribution in [0.5, 0.6) is 0 Å². The molecule has 0 unspecified atom stereocenters. The maximum absolute atomic E-state index is 14.0. The Kier molecular flexibility index (Phi) is 7.85. The molecule has 0 aromatic heterocycles. The molecule has 206 valence electrons. The molecule has 1 saturated carbocycles. The Morgan fingerprint density at radius 2 is 1.89 bits per heavy atom. The molecule has 3 heterocycles. The maximum atomic E-state index is 14.0. The van der Waals surface area contributed by atoms with E-state index < -0.39 is 29.6 Å². The van der Waals surface area contributed by atoms with Gasteiger partial charge in [0, 0.05) is 29.8 Å². The van der Waals surface area contributed by atoms with E-state index in [0.29, 0.717) is 23.8 Å². The maximum Gasteiger partial charge on any atom is 0.246 e. The summed E-state index contributed by atoms with van der Waals surface area (Å²) >= 11 is 6.27. The van der Waals surface area contributed by atoms with Crippen molar-refractivity contribution >= 4 is 35.0 Å². The molecule has 2 bridgehead atoms. The fraction of sp³-hybridized carbons (Fsp3) is 0.621. The van der Waals surface area contributed by atoms with Gasteiger partial charge in [0.15, 0.2) is 0 Å². The number of benzene rings is 1. The van der Waals surface area contributed by atoms with Gasteiger partial charge in [0.25, 0.3) is 0 Å². The number of amides is 3. The molecule has 2 N–H and O–H groups in total. The molecule has 38 heavy (non-hydrogen) atoms. The molecule has 5 rings (SSSR count). The lowest BCUT2D eigenvalue weighted by Gasteiger charge is -2.34. The Balaban J connectivity index is 1.42. The van der Waals surface area contributed by atoms with Crippen molar-refractivity contribution in [1.82, 2.24) is 15.1 Å². The number of likely N-dealkylation sites (N-methyl/N-ethyl adjacent to an activating group) is 1. The van der Waals surface area contributed by atoms with E-state index in [-0.39, 0.29) is 23.8 Å². The number of likely N-dealkylation sites (tertiary alicyclic amines) is 1. The minimum absolute atomic E-state index is 0.111. The van der Waals surface area contributed by atoms with Crippen LogP contribution in [0.25, 0.3) is 0 Å². The van der Waals surface area contributed by atoms with Crippen molar-refractivity contribution < 1.29 is 19.1 Å². The van der Waals surface area contributed by atoms with Crippen molar-refractivity contribution in [2.24, 2.45) is 11.8 Å². The third-order valence-corrected chi connectivity index (χ3v) is 9.27. The van der Waals surface area contributed by atoms with Crippen LogP contribution in [-0.4, -0.2) is 77.5 Å². The fourth-order valence-electron chi connectivity index (χ4n) is 6.72. The average molecular weight is 543 g/mol. The van der Waals surface area contributed by atoms with Gasteiger partial charge in [-0.25, -0.2) is 0 Å². The lowest BCUT2D eigenvalue weighted by molar-refractivity contribution is -0.141. The summed E-state index contributed by atoms with van der Waals surface area (Å²) in [6.07, 6.45) is 8.44. The summed E-state index contributed by atoms with van der Waals surface area (Å²) in [5.41, 5.74) is 0.342. The number of fused-ring (bicyclic) bond motifs is 1. The number of anilines is 1. The highest BCUT2D eigenvalue weighted by atomic mass is 35.5. The first-order chi connectivity index (χ1) is 18.3. The van der Waals surface area contributed by atoms with E-state index in [1.165, 1.54) is 6.42 Å². The number of carbonyl (C=O) groups excluding carboxylic acids is 3. The summed E-state index contributed by atoms with van der Waals surface area (Å²) in [5, 5.41) is 6.74. The second-order valence-electron chi connectivity index (χ2n) is 11.1. The number of nitrogens with zero attached hydrogens (tertiary/aromatic N) is 2. The normalized spacial score (nSPS) is 30.2. The zero-order chi connectivity index (χ0) is 27.0. The Labute approximate surface area is 230 Å². The molecule has 8 nitrogen and oxygen atoms in total. The molecule has 1 spiro atoms. The Morgan fingerprint density at radius 1 is 1.16 bits per heavy atom. The molecule has 0 radical (unpaired) electrons. The van der Waals surface area contributed by atoms with Gasteiger partial charge >= 0.3 is 0 Å². The first-order valence-corrected chi connectivity index (χ1v) is 14.4. The van der Waals surface area contributed by atoms with Crippen molar-refractivity contribution in [3.05, 3.63) is 40.9 Å². The molecule has 9 heteroatoms. The summed E-state index contributed by atoms with van der Waals surface area (Å²) in [5.74, 6) is -2.14. The molecule has 2 saturated heterocycles. The van der Waals surface area contributed by atoms with Crippen LogP contribution in [0, 0.1) is 18.8 Å². The van der Waals surface area contributed by atoms with Crippen molar-refractivity contribution in [2.45, 2.75) is 76.7 Å². The van der Waals surface area contributed by atoms with Gasteiger partial charge in [0.1, 0.15) is 11.6 Å². The molecule has 1 aromatic rings. The lowest BCUT2D eigenvalue weighted by atomic mass is 9.74. The molecular weight excluding hydrogens is 504 g/mol. The predicted molar refractivity (Wildman–Crippen MR) is 147 cm³/mol. The quantitative estimate of drug-likeness (QED) is 0.466. The monoisotopic (exact) mass is 542 g/mol. The largest absolute Gasteiger partial charge is 0.359 e. The van der Waals surface area contributed by atoms with Gasteiger partial charge in [-0.05, 0) is 50.6 Å². The Bertz CT molecular complexity index is 1120. The van der Waals surface area contributed by atoms with Crippen LogP contribution in [0.4, 0.5) is 5.69 Å². The SMILES string of the molecule is CCN(CC)CCN1C(=O)[C@@H]2[C@@H](C(=O)Nc3ccc(C)c(Cl)c3)[C@@H]3C=C[C@@]2(O3)[C@H]1C(=O)NC1CCCCC1. The summed E-state index contributed by atoms with van der Waals surface area (Å²) in [6, 6.07) is 4.66. The minimum atomic E-state index is -1.14. The van der Waals surface area contributed by atoms with E-state index in [1.807, 2.05) is 25.1 Å². The van der Waals surface area contributed by atoms with Gasteiger partial charge in [-0.1, -0.05) is 62.9 Å². The molecule has 3 aliphatic heterocycles. The number of ether oxygens (including phenoxy) is 1. The van der Waals surface area contributed by atoms with Crippen LogP contribution in [-0.2, 0) is 19.1 Å². The van der Waals surface area contributed by atoms with Crippen LogP contribution < -0.4 is 10.6 Å². The van der Waals surface area contributed by atoms with Crippen LogP contribution in [0.15, 0.2) is 30.4 Å². The Hall–Kier alpha value is -2.42. The van der Waals surface area contributed by atoms with Crippen molar-refractivity contribution in [3.8, 4) is 0 Å². The summed E-state index contributed by atoms with van der Waals surface area (Å²) in [6.45, 7) is 8.84. The zero-order valence-electron chi connectivity index (χ0n) is 22.5. The molecule has 3 amide bonds. The van der Waals surface area contributed by atoms with Gasteiger partial charge in [-0.15, -0.1) is 0 Å². The summed E-state index contributed by atoms with van der Waals surface area (Å²) in [7, 11) is 0. The summed E-state index contributed by atoms with van der Waals surface area (Å²) in [4.78, 5) is 45.4. The second kappa shape index (κ2) is 11.0. The number of rotatable bonds is 9. The number of hydrogen-bond acceptors (Lipinski definition) is 5. The molecule has 5 atom stereocenters. The lowest BCUT2D eigenvalue weighted by Crippen LogP contribution is -2.57. The van der Waals surface area contributed by atoms with Gasteiger partial charge in [-0.2, -0.15) is 0 Å². The van der Waals surface area contributed by atoms with Crippen LogP contribution >= 0.6 is 11.6 Å². The second-order valence-corrected chi connectivity index (χ2v) is 11.5. The van der Waals surface area contributed by atoms with E-state index >= 15 is 0 Å². The van der Waals surface area contributed by atoms with Crippen LogP contribution in [0.2, 0.25) is 5.02 Å². The summed E-state index contributed by atoms with van der Waals surface area (Å²) < 4.78 is 6.45. The first kappa shape index (κ1) is 27.2. The molecule has 1 aliphatic carbocycles. The topological polar surface area (TPSA) is 91.0 Å². The van der Waals surface area contributed by atoms with E-state index in [2.05, 4.69) is 29.4 Å². The molecule has 3 fully saturated rings. The fourth-order valence-corrected chi connectivity index (χ4v) is 6.90. The van der Waals surface area contributed by atoms with Crippen LogP contribution in [0.3, 0.4) is 0 Å². The zero-order valence-corrected chi connectivity index (χ0v) is 23.3. The van der Waals surface area contributed by atoms with Crippen molar-refractivity contribution in [2.75, 3.05) is 31.5 Å². The van der Waals surface area contributed by atoms with Gasteiger partial charge in [0.2, 0.25) is 17.7 Å². The predicted octanol–water partition coefficient (Wildman–Crippen LogP) is 3.53. The van der Waals surface area contributed by atoms with Gasteiger partial charge < -0.3 is 25.2 Å². The van der Waals surface area contributed by atoms with E-state index in [9.17, 15) is 14.4 Å². The third kappa shape index (κ3) is 4.75. The number of carbonyl (C=O) groups is 3.